The number of hydrogen-bond acceptors (Lipinski definition) is 0. The van der Waals surface area contributed by atoms with Gasteiger partial charge in [-0.2, -0.15) is 13.2 Å². The van der Waals surface area contributed by atoms with Crippen LogP contribution in [0.25, 0.3) is 0 Å². The minimum atomic E-state index is -4.30. The largest absolute Gasteiger partial charge is 0.416 e. The maximum absolute atomic E-state index is 12.7. The lowest BCUT2D eigenvalue weighted by atomic mass is 9.98. The highest BCUT2D eigenvalue weighted by molar-refractivity contribution is 6.20. The van der Waals surface area contributed by atoms with Crippen molar-refractivity contribution in [3.8, 4) is 0 Å². The van der Waals surface area contributed by atoms with Crippen molar-refractivity contribution in [2.75, 3.05) is 0 Å². The van der Waals surface area contributed by atoms with Crippen molar-refractivity contribution in [2.45, 2.75) is 38.2 Å². The minimum absolute atomic E-state index is 0.251. The standard InChI is InChI=1S/C13H16ClF3/c1-9(2)7-11(14)8-10-5-3-4-6-12(10)13(15,16)17/h3-6,9,11H,7-8H2,1-2H3. The number of alkyl halides is 4. The maximum atomic E-state index is 12.7. The van der Waals surface area contributed by atoms with Crippen LogP contribution in [0.4, 0.5) is 13.2 Å². The van der Waals surface area contributed by atoms with Gasteiger partial charge in [0.05, 0.1) is 5.56 Å². The normalized spacial score (nSPS) is 14.1. The highest BCUT2D eigenvalue weighted by atomic mass is 35.5. The fourth-order valence-electron chi connectivity index (χ4n) is 1.81. The van der Waals surface area contributed by atoms with Crippen molar-refractivity contribution in [1.82, 2.24) is 0 Å². The van der Waals surface area contributed by atoms with Crippen LogP contribution in [-0.2, 0) is 12.6 Å². The van der Waals surface area contributed by atoms with Crippen LogP contribution in [0.15, 0.2) is 24.3 Å². The van der Waals surface area contributed by atoms with E-state index in [0.29, 0.717) is 12.3 Å². The molecule has 0 saturated carbocycles. The summed E-state index contributed by atoms with van der Waals surface area (Å²) in [6, 6.07) is 5.62. The molecule has 0 saturated heterocycles. The molecule has 1 atom stereocenters. The van der Waals surface area contributed by atoms with E-state index in [9.17, 15) is 13.2 Å². The second kappa shape index (κ2) is 5.76. The number of rotatable bonds is 4. The minimum Gasteiger partial charge on any atom is -0.166 e. The van der Waals surface area contributed by atoms with Crippen molar-refractivity contribution in [3.63, 3.8) is 0 Å². The summed E-state index contributed by atoms with van der Waals surface area (Å²) in [5.41, 5.74) is -0.296. The van der Waals surface area contributed by atoms with Crippen LogP contribution in [0, 0.1) is 5.92 Å². The molecule has 0 radical (unpaired) electrons. The zero-order valence-electron chi connectivity index (χ0n) is 9.89. The van der Waals surface area contributed by atoms with E-state index in [2.05, 4.69) is 0 Å². The first-order chi connectivity index (χ1) is 7.80. The van der Waals surface area contributed by atoms with Crippen LogP contribution in [0.3, 0.4) is 0 Å². The molecule has 4 heteroatoms. The summed E-state index contributed by atoms with van der Waals surface area (Å²) < 4.78 is 38.2. The van der Waals surface area contributed by atoms with Gasteiger partial charge in [-0.05, 0) is 30.4 Å². The van der Waals surface area contributed by atoms with Gasteiger partial charge in [-0.25, -0.2) is 0 Å². The van der Waals surface area contributed by atoms with Crippen molar-refractivity contribution >= 4 is 11.6 Å². The lowest BCUT2D eigenvalue weighted by Gasteiger charge is -2.16. The Morgan fingerprint density at radius 3 is 2.29 bits per heavy atom. The molecule has 96 valence electrons. The third-order valence-electron chi connectivity index (χ3n) is 2.49. The van der Waals surface area contributed by atoms with Crippen LogP contribution >= 0.6 is 11.6 Å². The predicted molar refractivity (Wildman–Crippen MR) is 64.2 cm³/mol. The summed E-state index contributed by atoms with van der Waals surface area (Å²) in [6.07, 6.45) is -3.33. The van der Waals surface area contributed by atoms with Crippen molar-refractivity contribution in [1.29, 1.82) is 0 Å². The predicted octanol–water partition coefficient (Wildman–Crippen LogP) is 4.90. The molecule has 0 aliphatic carbocycles. The van der Waals surface area contributed by atoms with E-state index in [1.54, 1.807) is 6.07 Å². The number of hydrogen-bond donors (Lipinski definition) is 0. The summed E-state index contributed by atoms with van der Waals surface area (Å²) in [5.74, 6) is 0.385. The Hall–Kier alpha value is -0.700. The quantitative estimate of drug-likeness (QED) is 0.679. The van der Waals surface area contributed by atoms with Gasteiger partial charge in [0.1, 0.15) is 0 Å². The lowest BCUT2D eigenvalue weighted by Crippen LogP contribution is -2.13. The van der Waals surface area contributed by atoms with E-state index in [0.717, 1.165) is 6.07 Å². The molecule has 0 aliphatic rings. The molecular formula is C13H16ClF3. The molecule has 1 rings (SSSR count). The average Bonchev–Trinajstić information content (AvgIpc) is 2.15. The topological polar surface area (TPSA) is 0 Å². The molecule has 0 spiro atoms. The van der Waals surface area contributed by atoms with E-state index < -0.39 is 11.7 Å². The third kappa shape index (κ3) is 4.58. The second-order valence-electron chi connectivity index (χ2n) is 4.59. The monoisotopic (exact) mass is 264 g/mol. The van der Waals surface area contributed by atoms with Crippen LogP contribution in [0.5, 0.6) is 0 Å². The molecule has 0 nitrogen and oxygen atoms in total. The molecule has 17 heavy (non-hydrogen) atoms. The first-order valence-electron chi connectivity index (χ1n) is 5.60. The molecule has 0 aromatic heterocycles. The van der Waals surface area contributed by atoms with Gasteiger partial charge < -0.3 is 0 Å². The lowest BCUT2D eigenvalue weighted by molar-refractivity contribution is -0.138. The van der Waals surface area contributed by atoms with Crippen molar-refractivity contribution in [3.05, 3.63) is 35.4 Å². The first kappa shape index (κ1) is 14.4. The molecule has 0 aliphatic heterocycles. The van der Waals surface area contributed by atoms with E-state index in [1.165, 1.54) is 12.1 Å². The maximum Gasteiger partial charge on any atom is 0.416 e. The highest BCUT2D eigenvalue weighted by Crippen LogP contribution is 2.33. The zero-order valence-corrected chi connectivity index (χ0v) is 10.6. The van der Waals surface area contributed by atoms with Gasteiger partial charge in [0.15, 0.2) is 0 Å². The van der Waals surface area contributed by atoms with E-state index >= 15 is 0 Å². The van der Waals surface area contributed by atoms with Gasteiger partial charge in [-0.15, -0.1) is 11.6 Å². The van der Waals surface area contributed by atoms with Gasteiger partial charge in [0.25, 0.3) is 0 Å². The summed E-state index contributed by atoms with van der Waals surface area (Å²) >= 11 is 6.07. The molecule has 0 amide bonds. The Morgan fingerprint density at radius 1 is 1.18 bits per heavy atom. The second-order valence-corrected chi connectivity index (χ2v) is 5.20. The van der Waals surface area contributed by atoms with Crippen molar-refractivity contribution in [2.24, 2.45) is 5.92 Å². The summed E-state index contributed by atoms with van der Waals surface area (Å²) in [6.45, 7) is 4.01. The molecule has 0 bridgehead atoms. The Balaban J connectivity index is 2.84. The summed E-state index contributed by atoms with van der Waals surface area (Å²) in [4.78, 5) is 0. The molecule has 1 aromatic rings. The van der Waals surface area contributed by atoms with Gasteiger partial charge >= 0.3 is 6.18 Å². The molecule has 0 N–H and O–H groups in total. The Bertz CT molecular complexity index is 358. The SMILES string of the molecule is CC(C)CC(Cl)Cc1ccccc1C(F)(F)F. The molecule has 1 unspecified atom stereocenters. The van der Waals surface area contributed by atoms with Crippen LogP contribution in [0.2, 0.25) is 0 Å². The van der Waals surface area contributed by atoms with Gasteiger partial charge in [-0.1, -0.05) is 32.0 Å². The van der Waals surface area contributed by atoms with Crippen LogP contribution in [-0.4, -0.2) is 5.38 Å². The molecule has 1 aromatic carbocycles. The Kier molecular flexibility index (Phi) is 4.87. The van der Waals surface area contributed by atoms with Gasteiger partial charge in [-0.3, -0.25) is 0 Å². The van der Waals surface area contributed by atoms with Crippen LogP contribution in [0.1, 0.15) is 31.4 Å². The number of halogens is 4. The molecular weight excluding hydrogens is 249 g/mol. The van der Waals surface area contributed by atoms with Gasteiger partial charge in [0, 0.05) is 5.38 Å². The Morgan fingerprint density at radius 2 is 1.76 bits per heavy atom. The first-order valence-corrected chi connectivity index (χ1v) is 6.03. The summed E-state index contributed by atoms with van der Waals surface area (Å²) in [5, 5.41) is -0.251. The molecule has 0 fully saturated rings. The molecule has 0 heterocycles. The van der Waals surface area contributed by atoms with Crippen molar-refractivity contribution < 1.29 is 13.2 Å². The average molecular weight is 265 g/mol. The zero-order chi connectivity index (χ0) is 13.1. The fraction of sp³-hybridized carbons (Fsp3) is 0.538. The van der Waals surface area contributed by atoms with Gasteiger partial charge in [0.2, 0.25) is 0 Å². The van der Waals surface area contributed by atoms with E-state index in [4.69, 9.17) is 11.6 Å². The van der Waals surface area contributed by atoms with E-state index in [1.807, 2.05) is 13.8 Å². The Labute approximate surface area is 105 Å². The highest BCUT2D eigenvalue weighted by Gasteiger charge is 2.33. The summed E-state index contributed by atoms with van der Waals surface area (Å²) in [7, 11) is 0. The third-order valence-corrected chi connectivity index (χ3v) is 2.82. The van der Waals surface area contributed by atoms with E-state index in [-0.39, 0.29) is 17.4 Å². The number of benzene rings is 1. The van der Waals surface area contributed by atoms with Crippen LogP contribution < -0.4 is 0 Å². The smallest absolute Gasteiger partial charge is 0.166 e. The fourth-order valence-corrected chi connectivity index (χ4v) is 2.33.